The third-order valence-electron chi connectivity index (χ3n) is 3.13. The second-order valence-corrected chi connectivity index (χ2v) is 5.65. The summed E-state index contributed by atoms with van der Waals surface area (Å²) in [7, 11) is 0. The highest BCUT2D eigenvalue weighted by molar-refractivity contribution is 5.81. The van der Waals surface area contributed by atoms with Crippen molar-refractivity contribution >= 4 is 5.91 Å². The molecule has 0 saturated carbocycles. The van der Waals surface area contributed by atoms with Crippen LogP contribution in [0.25, 0.3) is 0 Å². The van der Waals surface area contributed by atoms with Crippen molar-refractivity contribution in [2.75, 3.05) is 19.6 Å². The summed E-state index contributed by atoms with van der Waals surface area (Å²) in [5, 5.41) is 12.7. The van der Waals surface area contributed by atoms with Gasteiger partial charge in [-0.1, -0.05) is 12.8 Å². The Morgan fingerprint density at radius 3 is 2.29 bits per heavy atom. The van der Waals surface area contributed by atoms with Crippen LogP contribution in [0.1, 0.15) is 46.5 Å². The Balaban J connectivity index is 2.39. The third kappa shape index (κ3) is 5.50. The Kier molecular flexibility index (Phi) is 5.40. The highest BCUT2D eigenvalue weighted by Gasteiger charge is 2.22. The first-order valence-corrected chi connectivity index (χ1v) is 6.65. The van der Waals surface area contributed by atoms with E-state index >= 15 is 0 Å². The van der Waals surface area contributed by atoms with E-state index in [4.69, 9.17) is 0 Å². The zero-order valence-corrected chi connectivity index (χ0v) is 11.3. The Hall–Kier alpha value is -0.610. The van der Waals surface area contributed by atoms with E-state index in [1.165, 1.54) is 12.8 Å². The Morgan fingerprint density at radius 2 is 1.82 bits per heavy atom. The van der Waals surface area contributed by atoms with Gasteiger partial charge in [0.25, 0.3) is 0 Å². The molecule has 4 heteroatoms. The predicted molar refractivity (Wildman–Crippen MR) is 68.8 cm³/mol. The fourth-order valence-electron chi connectivity index (χ4n) is 2.06. The smallest absolute Gasteiger partial charge is 0.239 e. The fourth-order valence-corrected chi connectivity index (χ4v) is 2.06. The van der Waals surface area contributed by atoms with Gasteiger partial charge in [0, 0.05) is 19.6 Å². The van der Waals surface area contributed by atoms with Gasteiger partial charge in [-0.05, 0) is 33.6 Å². The van der Waals surface area contributed by atoms with E-state index < -0.39 is 5.60 Å². The average Bonchev–Trinajstić information content (AvgIpc) is 2.52. The molecule has 0 aliphatic carbocycles. The van der Waals surface area contributed by atoms with Gasteiger partial charge in [0.1, 0.15) is 0 Å². The molecular weight excluding hydrogens is 216 g/mol. The van der Waals surface area contributed by atoms with E-state index in [0.717, 1.165) is 25.9 Å². The lowest BCUT2D eigenvalue weighted by Crippen LogP contribution is -2.48. The molecule has 0 bridgehead atoms. The maximum absolute atomic E-state index is 12.1. The minimum atomic E-state index is -0.771. The van der Waals surface area contributed by atoms with Crippen LogP contribution >= 0.6 is 0 Å². The summed E-state index contributed by atoms with van der Waals surface area (Å²) in [5.41, 5.74) is -0.771. The maximum Gasteiger partial charge on any atom is 0.239 e. The molecule has 1 aliphatic rings. The first-order chi connectivity index (χ1) is 7.90. The molecule has 0 spiro atoms. The van der Waals surface area contributed by atoms with Gasteiger partial charge in [-0.3, -0.25) is 4.79 Å². The van der Waals surface area contributed by atoms with Gasteiger partial charge < -0.3 is 15.3 Å². The summed E-state index contributed by atoms with van der Waals surface area (Å²) in [6.45, 7) is 7.56. The molecule has 1 saturated heterocycles. The van der Waals surface area contributed by atoms with E-state index in [1.807, 2.05) is 11.8 Å². The number of nitrogens with zero attached hydrogens (tertiary/aromatic N) is 1. The van der Waals surface area contributed by atoms with Crippen molar-refractivity contribution in [2.24, 2.45) is 0 Å². The molecule has 0 aromatic heterocycles. The molecule has 1 unspecified atom stereocenters. The SMILES string of the molecule is CC(NCC(C)(C)O)C(=O)N1CCCCCC1. The number of aliphatic hydroxyl groups is 1. The molecule has 0 aromatic carbocycles. The molecule has 100 valence electrons. The Morgan fingerprint density at radius 1 is 1.29 bits per heavy atom. The Labute approximate surface area is 104 Å². The first kappa shape index (κ1) is 14.5. The molecule has 1 heterocycles. The van der Waals surface area contributed by atoms with Crippen molar-refractivity contribution in [1.29, 1.82) is 0 Å². The topological polar surface area (TPSA) is 52.6 Å². The van der Waals surface area contributed by atoms with Gasteiger partial charge in [-0.2, -0.15) is 0 Å². The van der Waals surface area contributed by atoms with Crippen LogP contribution in [-0.2, 0) is 4.79 Å². The van der Waals surface area contributed by atoms with E-state index in [2.05, 4.69) is 5.32 Å². The van der Waals surface area contributed by atoms with Crippen LogP contribution < -0.4 is 5.32 Å². The number of hydrogen-bond acceptors (Lipinski definition) is 3. The standard InChI is InChI=1S/C13H26N2O2/c1-11(14-10-13(2,3)17)12(16)15-8-6-4-5-7-9-15/h11,14,17H,4-10H2,1-3H3. The van der Waals surface area contributed by atoms with Crippen molar-refractivity contribution in [3.63, 3.8) is 0 Å². The number of carbonyl (C=O) groups is 1. The van der Waals surface area contributed by atoms with Crippen LogP contribution in [0.15, 0.2) is 0 Å². The van der Waals surface area contributed by atoms with Gasteiger partial charge >= 0.3 is 0 Å². The van der Waals surface area contributed by atoms with Crippen molar-refractivity contribution in [3.05, 3.63) is 0 Å². The summed E-state index contributed by atoms with van der Waals surface area (Å²) in [4.78, 5) is 14.1. The molecule has 1 rings (SSSR count). The molecule has 17 heavy (non-hydrogen) atoms. The van der Waals surface area contributed by atoms with Gasteiger partial charge in [0.05, 0.1) is 11.6 Å². The molecular formula is C13H26N2O2. The highest BCUT2D eigenvalue weighted by Crippen LogP contribution is 2.11. The largest absolute Gasteiger partial charge is 0.389 e. The minimum Gasteiger partial charge on any atom is -0.389 e. The monoisotopic (exact) mass is 242 g/mol. The Bertz CT molecular complexity index is 240. The quantitative estimate of drug-likeness (QED) is 0.777. The fraction of sp³-hybridized carbons (Fsp3) is 0.923. The number of nitrogens with one attached hydrogen (secondary N) is 1. The number of carbonyl (C=O) groups excluding carboxylic acids is 1. The van der Waals surface area contributed by atoms with Gasteiger partial charge in [-0.15, -0.1) is 0 Å². The van der Waals surface area contributed by atoms with Crippen molar-refractivity contribution < 1.29 is 9.90 Å². The second kappa shape index (κ2) is 6.36. The zero-order chi connectivity index (χ0) is 12.9. The summed E-state index contributed by atoms with van der Waals surface area (Å²) in [6.07, 6.45) is 4.69. The minimum absolute atomic E-state index is 0.163. The molecule has 0 aromatic rings. The lowest BCUT2D eigenvalue weighted by atomic mass is 10.1. The first-order valence-electron chi connectivity index (χ1n) is 6.65. The van der Waals surface area contributed by atoms with Crippen LogP contribution in [0.5, 0.6) is 0 Å². The predicted octanol–water partition coefficient (Wildman–Crippen LogP) is 1.14. The van der Waals surface area contributed by atoms with E-state index in [-0.39, 0.29) is 11.9 Å². The third-order valence-corrected chi connectivity index (χ3v) is 3.13. The summed E-state index contributed by atoms with van der Waals surface area (Å²) < 4.78 is 0. The van der Waals surface area contributed by atoms with Gasteiger partial charge in [0.2, 0.25) is 5.91 Å². The van der Waals surface area contributed by atoms with E-state index in [1.54, 1.807) is 13.8 Å². The summed E-state index contributed by atoms with van der Waals surface area (Å²) >= 11 is 0. The number of hydrogen-bond donors (Lipinski definition) is 2. The maximum atomic E-state index is 12.1. The van der Waals surface area contributed by atoms with Crippen molar-refractivity contribution in [2.45, 2.75) is 58.1 Å². The van der Waals surface area contributed by atoms with Crippen molar-refractivity contribution in [1.82, 2.24) is 10.2 Å². The molecule has 1 fully saturated rings. The number of likely N-dealkylation sites (tertiary alicyclic amines) is 1. The second-order valence-electron chi connectivity index (χ2n) is 5.65. The summed E-state index contributed by atoms with van der Waals surface area (Å²) in [5.74, 6) is 0.163. The van der Waals surface area contributed by atoms with Crippen LogP contribution in [0.3, 0.4) is 0 Å². The normalized spacial score (nSPS) is 19.9. The van der Waals surface area contributed by atoms with E-state index in [9.17, 15) is 9.90 Å². The number of amides is 1. The molecule has 4 nitrogen and oxygen atoms in total. The van der Waals surface area contributed by atoms with Crippen LogP contribution in [-0.4, -0.2) is 47.2 Å². The molecule has 1 amide bonds. The van der Waals surface area contributed by atoms with Crippen LogP contribution in [0.4, 0.5) is 0 Å². The van der Waals surface area contributed by atoms with Crippen LogP contribution in [0, 0.1) is 0 Å². The van der Waals surface area contributed by atoms with Crippen LogP contribution in [0.2, 0.25) is 0 Å². The molecule has 2 N–H and O–H groups in total. The van der Waals surface area contributed by atoms with Gasteiger partial charge in [-0.25, -0.2) is 0 Å². The van der Waals surface area contributed by atoms with Crippen molar-refractivity contribution in [3.8, 4) is 0 Å². The number of rotatable bonds is 4. The highest BCUT2D eigenvalue weighted by atomic mass is 16.3. The lowest BCUT2D eigenvalue weighted by molar-refractivity contribution is -0.133. The van der Waals surface area contributed by atoms with E-state index in [0.29, 0.717) is 6.54 Å². The van der Waals surface area contributed by atoms with Gasteiger partial charge in [0.15, 0.2) is 0 Å². The molecule has 1 atom stereocenters. The lowest BCUT2D eigenvalue weighted by Gasteiger charge is -2.26. The summed E-state index contributed by atoms with van der Waals surface area (Å²) in [6, 6.07) is -0.209. The molecule has 0 radical (unpaired) electrons. The average molecular weight is 242 g/mol. The molecule has 1 aliphatic heterocycles. The zero-order valence-electron chi connectivity index (χ0n) is 11.3.